The van der Waals surface area contributed by atoms with Crippen molar-refractivity contribution in [1.29, 1.82) is 0 Å². The lowest BCUT2D eigenvalue weighted by Gasteiger charge is -2.07. The summed E-state index contributed by atoms with van der Waals surface area (Å²) in [5, 5.41) is 0.940. The molecule has 0 radical (unpaired) electrons. The Hall–Kier alpha value is -2.51. The SMILES string of the molecule is COc1ccnc2sc3c(=O)n(-c4ccc(Cl)cc4F)cnc3c12. The Morgan fingerprint density at radius 3 is 2.88 bits per heavy atom. The maximum atomic E-state index is 14.1. The molecular weight excluding hydrogens is 353 g/mol. The molecule has 4 rings (SSSR count). The first-order chi connectivity index (χ1) is 11.6. The van der Waals surface area contributed by atoms with E-state index in [2.05, 4.69) is 9.97 Å². The van der Waals surface area contributed by atoms with Gasteiger partial charge < -0.3 is 4.74 Å². The summed E-state index contributed by atoms with van der Waals surface area (Å²) < 4.78 is 21.0. The second kappa shape index (κ2) is 5.54. The minimum atomic E-state index is -0.595. The smallest absolute Gasteiger partial charge is 0.276 e. The van der Waals surface area contributed by atoms with Crippen LogP contribution in [0.15, 0.2) is 41.6 Å². The van der Waals surface area contributed by atoms with Crippen LogP contribution >= 0.6 is 22.9 Å². The van der Waals surface area contributed by atoms with Crippen LogP contribution in [0.1, 0.15) is 0 Å². The van der Waals surface area contributed by atoms with Gasteiger partial charge in [0, 0.05) is 11.2 Å². The van der Waals surface area contributed by atoms with Gasteiger partial charge in [0.2, 0.25) is 0 Å². The van der Waals surface area contributed by atoms with Crippen molar-refractivity contribution in [2.24, 2.45) is 0 Å². The minimum absolute atomic E-state index is 0.0937. The molecule has 0 bridgehead atoms. The van der Waals surface area contributed by atoms with Gasteiger partial charge in [-0.25, -0.2) is 14.4 Å². The molecule has 0 aliphatic rings. The number of benzene rings is 1. The summed E-state index contributed by atoms with van der Waals surface area (Å²) >= 11 is 6.96. The molecule has 0 fully saturated rings. The molecule has 3 heterocycles. The number of rotatable bonds is 2. The van der Waals surface area contributed by atoms with E-state index in [9.17, 15) is 9.18 Å². The van der Waals surface area contributed by atoms with Gasteiger partial charge in [-0.15, -0.1) is 11.3 Å². The van der Waals surface area contributed by atoms with Gasteiger partial charge >= 0.3 is 0 Å². The zero-order valence-electron chi connectivity index (χ0n) is 12.3. The highest BCUT2D eigenvalue weighted by molar-refractivity contribution is 7.25. The first-order valence-electron chi connectivity index (χ1n) is 6.88. The van der Waals surface area contributed by atoms with Crippen LogP contribution in [-0.2, 0) is 0 Å². The van der Waals surface area contributed by atoms with Crippen LogP contribution in [0.3, 0.4) is 0 Å². The molecule has 0 saturated heterocycles. The van der Waals surface area contributed by atoms with Gasteiger partial charge in [0.15, 0.2) is 0 Å². The van der Waals surface area contributed by atoms with Crippen LogP contribution in [0.5, 0.6) is 5.75 Å². The molecule has 0 spiro atoms. The molecule has 0 saturated carbocycles. The fourth-order valence-electron chi connectivity index (χ4n) is 2.54. The van der Waals surface area contributed by atoms with Crippen LogP contribution in [-0.4, -0.2) is 21.6 Å². The van der Waals surface area contributed by atoms with Crippen LogP contribution in [0, 0.1) is 5.82 Å². The second-order valence-corrected chi connectivity index (χ2v) is 6.42. The third-order valence-electron chi connectivity index (χ3n) is 3.63. The van der Waals surface area contributed by atoms with Crippen LogP contribution in [0.25, 0.3) is 26.1 Å². The number of ether oxygens (including phenoxy) is 1. The van der Waals surface area contributed by atoms with Gasteiger partial charge in [0.1, 0.15) is 32.9 Å². The summed E-state index contributed by atoms with van der Waals surface area (Å²) in [6, 6.07) is 5.83. The first-order valence-corrected chi connectivity index (χ1v) is 8.08. The van der Waals surface area contributed by atoms with Crippen LogP contribution < -0.4 is 10.3 Å². The largest absolute Gasteiger partial charge is 0.496 e. The fourth-order valence-corrected chi connectivity index (χ4v) is 3.75. The summed E-state index contributed by atoms with van der Waals surface area (Å²) in [5.74, 6) is -0.00357. The minimum Gasteiger partial charge on any atom is -0.496 e. The Morgan fingerprint density at radius 1 is 1.29 bits per heavy atom. The highest BCUT2D eigenvalue weighted by atomic mass is 35.5. The van der Waals surface area contributed by atoms with E-state index in [-0.39, 0.29) is 16.3 Å². The monoisotopic (exact) mass is 361 g/mol. The quantitative estimate of drug-likeness (QED) is 0.545. The molecule has 3 aromatic heterocycles. The Morgan fingerprint density at radius 2 is 2.12 bits per heavy atom. The molecule has 0 atom stereocenters. The number of fused-ring (bicyclic) bond motifs is 3. The number of hydrogen-bond donors (Lipinski definition) is 0. The molecule has 120 valence electrons. The molecule has 5 nitrogen and oxygen atoms in total. The molecule has 4 aromatic rings. The van der Waals surface area contributed by atoms with Gasteiger partial charge in [0.25, 0.3) is 5.56 Å². The van der Waals surface area contributed by atoms with E-state index in [0.29, 0.717) is 26.2 Å². The van der Waals surface area contributed by atoms with Gasteiger partial charge in [-0.3, -0.25) is 9.36 Å². The van der Waals surface area contributed by atoms with Crippen molar-refractivity contribution in [3.05, 3.63) is 58.0 Å². The fraction of sp³-hybridized carbons (Fsp3) is 0.0625. The molecule has 24 heavy (non-hydrogen) atoms. The van der Waals surface area contributed by atoms with E-state index in [4.69, 9.17) is 16.3 Å². The van der Waals surface area contributed by atoms with Crippen LogP contribution in [0.4, 0.5) is 4.39 Å². The van der Waals surface area contributed by atoms with E-state index in [0.717, 1.165) is 10.6 Å². The average Bonchev–Trinajstić information content (AvgIpc) is 2.96. The number of halogens is 2. The Labute approximate surface area is 143 Å². The van der Waals surface area contributed by atoms with E-state index in [1.54, 1.807) is 19.4 Å². The first kappa shape index (κ1) is 15.0. The van der Waals surface area contributed by atoms with Gasteiger partial charge in [-0.1, -0.05) is 11.6 Å². The highest BCUT2D eigenvalue weighted by Crippen LogP contribution is 2.35. The topological polar surface area (TPSA) is 57.0 Å². The number of pyridine rings is 1. The normalized spacial score (nSPS) is 11.3. The zero-order valence-corrected chi connectivity index (χ0v) is 13.9. The van der Waals surface area contributed by atoms with Crippen molar-refractivity contribution in [2.75, 3.05) is 7.11 Å². The van der Waals surface area contributed by atoms with Crippen molar-refractivity contribution in [2.45, 2.75) is 0 Å². The maximum Gasteiger partial charge on any atom is 0.276 e. The van der Waals surface area contributed by atoms with Crippen molar-refractivity contribution in [1.82, 2.24) is 14.5 Å². The lowest BCUT2D eigenvalue weighted by molar-refractivity contribution is 0.420. The van der Waals surface area contributed by atoms with Crippen molar-refractivity contribution in [3.8, 4) is 11.4 Å². The Kier molecular flexibility index (Phi) is 3.47. The summed E-state index contributed by atoms with van der Waals surface area (Å²) in [5.41, 5.74) is 0.220. The van der Waals surface area contributed by atoms with Crippen molar-refractivity contribution >= 4 is 43.4 Å². The van der Waals surface area contributed by atoms with Gasteiger partial charge in [-0.2, -0.15) is 0 Å². The standard InChI is InChI=1S/C16H9ClFN3O2S/c1-23-11-4-5-19-15-12(11)13-14(24-15)16(22)21(7-20-13)10-3-2-8(17)6-9(10)18/h2-7H,1H3. The number of hydrogen-bond acceptors (Lipinski definition) is 5. The number of thiophene rings is 1. The second-order valence-electron chi connectivity index (χ2n) is 4.99. The molecule has 0 N–H and O–H groups in total. The van der Waals surface area contributed by atoms with E-state index >= 15 is 0 Å². The molecule has 0 amide bonds. The van der Waals surface area contributed by atoms with Crippen molar-refractivity contribution < 1.29 is 9.13 Å². The van der Waals surface area contributed by atoms with Crippen LogP contribution in [0.2, 0.25) is 5.02 Å². The molecular formula is C16H9ClFN3O2S. The highest BCUT2D eigenvalue weighted by Gasteiger charge is 2.17. The lowest BCUT2D eigenvalue weighted by atomic mass is 10.2. The predicted octanol–water partition coefficient (Wildman–Crippen LogP) is 3.80. The Balaban J connectivity index is 2.06. The van der Waals surface area contributed by atoms with E-state index in [1.165, 1.54) is 29.8 Å². The molecule has 0 aliphatic heterocycles. The summed E-state index contributed by atoms with van der Waals surface area (Å²) in [6.07, 6.45) is 2.91. The third-order valence-corrected chi connectivity index (χ3v) is 4.94. The molecule has 1 aromatic carbocycles. The number of nitrogens with zero attached hydrogens (tertiary/aromatic N) is 3. The van der Waals surface area contributed by atoms with E-state index < -0.39 is 5.82 Å². The predicted molar refractivity (Wildman–Crippen MR) is 92.0 cm³/mol. The summed E-state index contributed by atoms with van der Waals surface area (Å²) in [6.45, 7) is 0. The third kappa shape index (κ3) is 2.16. The van der Waals surface area contributed by atoms with Gasteiger partial charge in [0.05, 0.1) is 18.2 Å². The molecule has 0 aliphatic carbocycles. The summed E-state index contributed by atoms with van der Waals surface area (Å²) in [4.78, 5) is 22.0. The number of methoxy groups -OCH3 is 1. The van der Waals surface area contributed by atoms with E-state index in [1.807, 2.05) is 0 Å². The lowest BCUT2D eigenvalue weighted by Crippen LogP contribution is -2.18. The zero-order chi connectivity index (χ0) is 16.8. The van der Waals surface area contributed by atoms with Crippen molar-refractivity contribution in [3.63, 3.8) is 0 Å². The molecule has 0 unspecified atom stereocenters. The number of aromatic nitrogens is 3. The Bertz CT molecular complexity index is 1160. The maximum absolute atomic E-state index is 14.1. The summed E-state index contributed by atoms with van der Waals surface area (Å²) in [7, 11) is 1.54. The molecule has 8 heteroatoms. The van der Waals surface area contributed by atoms with Gasteiger partial charge in [-0.05, 0) is 24.3 Å². The average molecular weight is 362 g/mol.